The number of carboxylic acid groups (broad SMARTS) is 1. The molecule has 1 fully saturated rings. The third-order valence-electron chi connectivity index (χ3n) is 4.88. The lowest BCUT2D eigenvalue weighted by atomic mass is 10.2. The Labute approximate surface area is 176 Å². The van der Waals surface area contributed by atoms with Crippen molar-refractivity contribution >= 4 is 44.7 Å². The summed E-state index contributed by atoms with van der Waals surface area (Å²) in [6.07, 6.45) is -0.976. The van der Waals surface area contributed by atoms with E-state index in [0.29, 0.717) is 29.7 Å². The summed E-state index contributed by atoms with van der Waals surface area (Å²) >= 11 is 5.97. The van der Waals surface area contributed by atoms with Crippen LogP contribution in [0, 0.1) is 0 Å². The molecule has 1 aliphatic heterocycles. The normalized spacial score (nSPS) is 16.9. The van der Waals surface area contributed by atoms with Gasteiger partial charge in [-0.3, -0.25) is 4.79 Å². The molecule has 156 valence electrons. The highest BCUT2D eigenvalue weighted by molar-refractivity contribution is 7.90. The largest absolute Gasteiger partial charge is 0.465 e. The number of fused-ring (bicyclic) bond motifs is 1. The molecular formula is C19H17ClN4O5S. The molecule has 1 atom stereocenters. The number of amides is 2. The molecular weight excluding hydrogens is 432 g/mol. The van der Waals surface area contributed by atoms with Gasteiger partial charge < -0.3 is 15.3 Å². The van der Waals surface area contributed by atoms with Crippen LogP contribution in [0.5, 0.6) is 0 Å². The van der Waals surface area contributed by atoms with Crippen LogP contribution in [-0.2, 0) is 21.4 Å². The van der Waals surface area contributed by atoms with Gasteiger partial charge in [0.05, 0.1) is 28.2 Å². The molecule has 9 nitrogen and oxygen atoms in total. The van der Waals surface area contributed by atoms with Crippen LogP contribution in [-0.4, -0.2) is 52.0 Å². The van der Waals surface area contributed by atoms with Crippen LogP contribution < -0.4 is 5.32 Å². The number of nitrogens with one attached hydrogen (secondary N) is 1. The van der Waals surface area contributed by atoms with Gasteiger partial charge in [-0.25, -0.2) is 22.2 Å². The van der Waals surface area contributed by atoms with Crippen LogP contribution >= 0.6 is 11.6 Å². The van der Waals surface area contributed by atoms with Crippen LogP contribution in [0.1, 0.15) is 12.1 Å². The molecule has 1 aliphatic rings. The smallest absolute Gasteiger partial charge is 0.405 e. The van der Waals surface area contributed by atoms with Crippen molar-refractivity contribution in [2.75, 3.05) is 6.54 Å². The van der Waals surface area contributed by atoms with Crippen molar-refractivity contribution in [1.29, 1.82) is 0 Å². The quantitative estimate of drug-likeness (QED) is 0.577. The second-order valence-corrected chi connectivity index (χ2v) is 8.98. The summed E-state index contributed by atoms with van der Waals surface area (Å²) in [5, 5.41) is 11.3. The summed E-state index contributed by atoms with van der Waals surface area (Å²) in [7, 11) is -3.97. The Bertz CT molecular complexity index is 1240. The second-order valence-electron chi connectivity index (χ2n) is 6.81. The highest BCUT2D eigenvalue weighted by Gasteiger charge is 2.34. The standard InChI is InChI=1S/C19H17ClN4O5S/c20-17-7-6-16-15(21-17)10-12(11-23-9-8-14(18(23)25)22-19(26)27)24(16)30(28,29)13-4-2-1-3-5-13/h1-7,10,14,22H,8-9,11H2,(H,26,27)/t14-/m0/s1. The van der Waals surface area contributed by atoms with E-state index in [0.717, 1.165) is 3.97 Å². The zero-order chi connectivity index (χ0) is 21.5. The van der Waals surface area contributed by atoms with Gasteiger partial charge in [0.2, 0.25) is 5.91 Å². The molecule has 0 saturated carbocycles. The maximum absolute atomic E-state index is 13.4. The minimum Gasteiger partial charge on any atom is -0.465 e. The number of carbonyl (C=O) groups is 2. The van der Waals surface area contributed by atoms with E-state index in [1.807, 2.05) is 0 Å². The zero-order valence-electron chi connectivity index (χ0n) is 15.5. The Morgan fingerprint density at radius 2 is 1.97 bits per heavy atom. The van der Waals surface area contributed by atoms with Crippen LogP contribution in [0.15, 0.2) is 53.4 Å². The van der Waals surface area contributed by atoms with Crippen molar-refractivity contribution in [2.24, 2.45) is 0 Å². The van der Waals surface area contributed by atoms with Crippen molar-refractivity contribution in [1.82, 2.24) is 19.2 Å². The van der Waals surface area contributed by atoms with Gasteiger partial charge in [0.1, 0.15) is 11.2 Å². The molecule has 2 amide bonds. The van der Waals surface area contributed by atoms with Gasteiger partial charge in [-0.1, -0.05) is 29.8 Å². The van der Waals surface area contributed by atoms with E-state index in [1.165, 1.54) is 23.1 Å². The van der Waals surface area contributed by atoms with Crippen molar-refractivity contribution in [3.05, 3.63) is 59.4 Å². The van der Waals surface area contributed by atoms with Gasteiger partial charge in [0, 0.05) is 6.54 Å². The molecule has 0 unspecified atom stereocenters. The number of halogens is 1. The number of carbonyl (C=O) groups excluding carboxylic acids is 1. The number of aromatic nitrogens is 2. The molecule has 1 aromatic carbocycles. The van der Waals surface area contributed by atoms with E-state index >= 15 is 0 Å². The Morgan fingerprint density at radius 3 is 2.67 bits per heavy atom. The first kappa shape index (κ1) is 20.2. The highest BCUT2D eigenvalue weighted by Crippen LogP contribution is 2.28. The first-order valence-corrected chi connectivity index (χ1v) is 10.8. The van der Waals surface area contributed by atoms with Crippen LogP contribution in [0.4, 0.5) is 4.79 Å². The van der Waals surface area contributed by atoms with E-state index in [4.69, 9.17) is 16.7 Å². The molecule has 2 N–H and O–H groups in total. The minimum atomic E-state index is -3.97. The predicted octanol–water partition coefficient (Wildman–Crippen LogP) is 2.30. The lowest BCUT2D eigenvalue weighted by molar-refractivity contribution is -0.129. The first-order valence-electron chi connectivity index (χ1n) is 9.03. The van der Waals surface area contributed by atoms with E-state index in [-0.39, 0.29) is 16.6 Å². The summed E-state index contributed by atoms with van der Waals surface area (Å²) in [6, 6.07) is 11.7. The van der Waals surface area contributed by atoms with E-state index in [9.17, 15) is 18.0 Å². The van der Waals surface area contributed by atoms with Crippen LogP contribution in [0.3, 0.4) is 0 Å². The monoisotopic (exact) mass is 448 g/mol. The third kappa shape index (κ3) is 3.59. The summed E-state index contributed by atoms with van der Waals surface area (Å²) < 4.78 is 27.9. The molecule has 0 aliphatic carbocycles. The van der Waals surface area contributed by atoms with Gasteiger partial charge in [-0.2, -0.15) is 0 Å². The van der Waals surface area contributed by atoms with Gasteiger partial charge in [-0.15, -0.1) is 0 Å². The number of rotatable bonds is 5. The van der Waals surface area contributed by atoms with Gasteiger partial charge in [-0.05, 0) is 36.8 Å². The zero-order valence-corrected chi connectivity index (χ0v) is 17.1. The molecule has 30 heavy (non-hydrogen) atoms. The number of likely N-dealkylation sites (tertiary alicyclic amines) is 1. The Kier molecular flexibility index (Phi) is 5.12. The predicted molar refractivity (Wildman–Crippen MR) is 109 cm³/mol. The van der Waals surface area contributed by atoms with Gasteiger partial charge in [0.15, 0.2) is 0 Å². The van der Waals surface area contributed by atoms with E-state index in [1.54, 1.807) is 30.3 Å². The molecule has 0 bridgehead atoms. The molecule has 4 rings (SSSR count). The third-order valence-corrected chi connectivity index (χ3v) is 6.87. The van der Waals surface area contributed by atoms with Crippen molar-refractivity contribution in [3.8, 4) is 0 Å². The number of nitrogens with zero attached hydrogens (tertiary/aromatic N) is 3. The molecule has 2 aromatic heterocycles. The molecule has 3 heterocycles. The lowest BCUT2D eigenvalue weighted by Gasteiger charge is -2.18. The number of hydrogen-bond donors (Lipinski definition) is 2. The number of benzene rings is 1. The maximum atomic E-state index is 13.4. The van der Waals surface area contributed by atoms with Crippen molar-refractivity contribution in [2.45, 2.75) is 23.9 Å². The Balaban J connectivity index is 1.78. The lowest BCUT2D eigenvalue weighted by Crippen LogP contribution is -2.40. The maximum Gasteiger partial charge on any atom is 0.405 e. The summed E-state index contributed by atoms with van der Waals surface area (Å²) in [4.78, 5) is 29.1. The first-order chi connectivity index (χ1) is 14.3. The van der Waals surface area contributed by atoms with Gasteiger partial charge >= 0.3 is 6.09 Å². The minimum absolute atomic E-state index is 0.0172. The Hall–Kier alpha value is -3.11. The molecule has 3 aromatic rings. The molecule has 1 saturated heterocycles. The fourth-order valence-electron chi connectivity index (χ4n) is 3.56. The number of pyridine rings is 1. The fourth-order valence-corrected chi connectivity index (χ4v) is 5.26. The summed E-state index contributed by atoms with van der Waals surface area (Å²) in [5.74, 6) is -0.405. The van der Waals surface area contributed by atoms with E-state index in [2.05, 4.69) is 10.3 Å². The SMILES string of the molecule is O=C(O)N[C@H]1CCN(Cc2cc3nc(Cl)ccc3n2S(=O)(=O)c2ccccc2)C1=O. The van der Waals surface area contributed by atoms with Crippen molar-refractivity contribution in [3.63, 3.8) is 0 Å². The summed E-state index contributed by atoms with van der Waals surface area (Å²) in [5.41, 5.74) is 1.04. The topological polar surface area (TPSA) is 122 Å². The molecule has 11 heteroatoms. The fraction of sp³-hybridized carbons (Fsp3) is 0.211. The average Bonchev–Trinajstić information content (AvgIpc) is 3.23. The highest BCUT2D eigenvalue weighted by atomic mass is 35.5. The molecule has 0 radical (unpaired) electrons. The Morgan fingerprint density at radius 1 is 1.23 bits per heavy atom. The van der Waals surface area contributed by atoms with Gasteiger partial charge in [0.25, 0.3) is 10.0 Å². The average molecular weight is 449 g/mol. The van der Waals surface area contributed by atoms with Crippen LogP contribution in [0.2, 0.25) is 5.15 Å². The summed E-state index contributed by atoms with van der Waals surface area (Å²) in [6.45, 7) is 0.279. The van der Waals surface area contributed by atoms with Crippen molar-refractivity contribution < 1.29 is 23.1 Å². The number of hydrogen-bond acceptors (Lipinski definition) is 5. The second kappa shape index (κ2) is 7.62. The van der Waals surface area contributed by atoms with E-state index < -0.39 is 28.1 Å². The van der Waals surface area contributed by atoms with Crippen LogP contribution in [0.25, 0.3) is 11.0 Å². The molecule has 0 spiro atoms.